The number of hydrogen-bond acceptors (Lipinski definition) is 6. The summed E-state index contributed by atoms with van der Waals surface area (Å²) in [5.41, 5.74) is 0. The van der Waals surface area contributed by atoms with Crippen molar-refractivity contribution in [1.82, 2.24) is 15.3 Å². The molecule has 0 atom stereocenters. The van der Waals surface area contributed by atoms with Gasteiger partial charge in [0.1, 0.15) is 17.0 Å². The number of carboxylic acids is 1. The molecular weight excluding hydrogens is 316 g/mol. The van der Waals surface area contributed by atoms with Crippen LogP contribution in [0.2, 0.25) is 0 Å². The number of aliphatic carboxylic acids is 1. The predicted octanol–water partition coefficient (Wildman–Crippen LogP) is 2.17. The number of anilines is 1. The van der Waals surface area contributed by atoms with E-state index in [-0.39, 0.29) is 18.9 Å². The van der Waals surface area contributed by atoms with Gasteiger partial charge in [-0.05, 0) is 25.8 Å². The molecule has 0 aliphatic carbocycles. The highest BCUT2D eigenvalue weighted by Gasteiger charge is 2.08. The molecular formula is C15H20N4O3S. The summed E-state index contributed by atoms with van der Waals surface area (Å²) in [7, 11) is 0. The predicted molar refractivity (Wildman–Crippen MR) is 89.8 cm³/mol. The Morgan fingerprint density at radius 3 is 2.87 bits per heavy atom. The fraction of sp³-hybridized carbons (Fsp3) is 0.467. The van der Waals surface area contributed by atoms with Crippen LogP contribution in [0.25, 0.3) is 10.2 Å². The van der Waals surface area contributed by atoms with E-state index < -0.39 is 5.97 Å². The fourth-order valence-corrected chi connectivity index (χ4v) is 3.00. The van der Waals surface area contributed by atoms with E-state index in [1.807, 2.05) is 13.0 Å². The van der Waals surface area contributed by atoms with E-state index in [0.717, 1.165) is 27.9 Å². The number of fused-ring (bicyclic) bond motifs is 1. The lowest BCUT2D eigenvalue weighted by atomic mass is 10.2. The minimum Gasteiger partial charge on any atom is -0.481 e. The van der Waals surface area contributed by atoms with Gasteiger partial charge in [0, 0.05) is 17.8 Å². The number of carbonyl (C=O) groups excluding carboxylic acids is 1. The molecule has 23 heavy (non-hydrogen) atoms. The molecule has 1 amide bonds. The van der Waals surface area contributed by atoms with Gasteiger partial charge in [0.05, 0.1) is 11.9 Å². The molecule has 0 saturated carbocycles. The topological polar surface area (TPSA) is 104 Å². The first-order valence-corrected chi connectivity index (χ1v) is 8.31. The van der Waals surface area contributed by atoms with Gasteiger partial charge in [0.25, 0.3) is 0 Å². The number of nitrogens with one attached hydrogen (secondary N) is 2. The number of rotatable bonds is 9. The van der Waals surface area contributed by atoms with Gasteiger partial charge < -0.3 is 15.7 Å². The zero-order valence-electron chi connectivity index (χ0n) is 13.0. The van der Waals surface area contributed by atoms with Crippen molar-refractivity contribution < 1.29 is 14.7 Å². The first-order chi connectivity index (χ1) is 11.1. The number of carboxylic acid groups (broad SMARTS) is 1. The highest BCUT2D eigenvalue weighted by molar-refractivity contribution is 7.18. The second kappa shape index (κ2) is 8.42. The Kier molecular flexibility index (Phi) is 6.28. The molecule has 0 aromatic carbocycles. The van der Waals surface area contributed by atoms with Gasteiger partial charge in [-0.1, -0.05) is 6.42 Å². The molecule has 0 unspecified atom stereocenters. The molecule has 0 spiro atoms. The third-order valence-corrected chi connectivity index (χ3v) is 4.22. The van der Waals surface area contributed by atoms with Crippen LogP contribution in [-0.2, 0) is 9.59 Å². The van der Waals surface area contributed by atoms with E-state index in [4.69, 9.17) is 5.11 Å². The summed E-state index contributed by atoms with van der Waals surface area (Å²) in [6, 6.07) is 2.00. The zero-order valence-corrected chi connectivity index (χ0v) is 13.8. The normalized spacial score (nSPS) is 10.7. The molecule has 2 aromatic heterocycles. The van der Waals surface area contributed by atoms with Crippen LogP contribution in [0.5, 0.6) is 0 Å². The van der Waals surface area contributed by atoms with E-state index in [0.29, 0.717) is 18.8 Å². The number of amides is 1. The zero-order chi connectivity index (χ0) is 16.7. The van der Waals surface area contributed by atoms with Crippen molar-refractivity contribution in [3.8, 4) is 0 Å². The molecule has 0 aliphatic rings. The number of unbranched alkanes of at least 4 members (excludes halogenated alkanes) is 2. The van der Waals surface area contributed by atoms with Gasteiger partial charge in [-0.15, -0.1) is 11.3 Å². The SMILES string of the molecule is Cc1cc2c(NCC(=O)NCCCCCC(=O)O)ncnc2s1. The molecule has 0 radical (unpaired) electrons. The minimum absolute atomic E-state index is 0.109. The summed E-state index contributed by atoms with van der Waals surface area (Å²) in [5, 5.41) is 15.3. The first-order valence-electron chi connectivity index (χ1n) is 7.50. The van der Waals surface area contributed by atoms with Crippen molar-refractivity contribution >= 4 is 39.2 Å². The lowest BCUT2D eigenvalue weighted by Gasteiger charge is -2.07. The number of aromatic nitrogens is 2. The molecule has 0 aliphatic heterocycles. The van der Waals surface area contributed by atoms with Crippen LogP contribution in [0.15, 0.2) is 12.4 Å². The van der Waals surface area contributed by atoms with Crippen molar-refractivity contribution in [3.05, 3.63) is 17.3 Å². The Morgan fingerprint density at radius 1 is 1.26 bits per heavy atom. The van der Waals surface area contributed by atoms with Crippen molar-refractivity contribution in [3.63, 3.8) is 0 Å². The van der Waals surface area contributed by atoms with Crippen molar-refractivity contribution in [2.75, 3.05) is 18.4 Å². The highest BCUT2D eigenvalue weighted by Crippen LogP contribution is 2.27. The monoisotopic (exact) mass is 336 g/mol. The van der Waals surface area contributed by atoms with Crippen LogP contribution in [0.4, 0.5) is 5.82 Å². The average Bonchev–Trinajstić information content (AvgIpc) is 2.89. The van der Waals surface area contributed by atoms with Crippen LogP contribution in [0.3, 0.4) is 0 Å². The number of thiophene rings is 1. The maximum Gasteiger partial charge on any atom is 0.303 e. The number of carbonyl (C=O) groups is 2. The van der Waals surface area contributed by atoms with Crippen LogP contribution < -0.4 is 10.6 Å². The van der Waals surface area contributed by atoms with E-state index in [2.05, 4.69) is 20.6 Å². The van der Waals surface area contributed by atoms with Crippen LogP contribution in [-0.4, -0.2) is 40.0 Å². The summed E-state index contributed by atoms with van der Waals surface area (Å²) in [4.78, 5) is 32.6. The Labute approximate surface area is 138 Å². The van der Waals surface area contributed by atoms with Crippen LogP contribution in [0.1, 0.15) is 30.6 Å². The summed E-state index contributed by atoms with van der Waals surface area (Å²) in [6.45, 7) is 2.71. The van der Waals surface area contributed by atoms with Crippen LogP contribution in [0, 0.1) is 6.92 Å². The quantitative estimate of drug-likeness (QED) is 0.606. The molecule has 2 heterocycles. The Hall–Kier alpha value is -2.22. The maximum absolute atomic E-state index is 11.8. The number of nitrogens with zero attached hydrogens (tertiary/aromatic N) is 2. The molecule has 2 rings (SSSR count). The van der Waals surface area contributed by atoms with Gasteiger partial charge in [-0.3, -0.25) is 9.59 Å². The number of hydrogen-bond donors (Lipinski definition) is 3. The Bertz CT molecular complexity index is 686. The highest BCUT2D eigenvalue weighted by atomic mass is 32.1. The summed E-state index contributed by atoms with van der Waals surface area (Å²) in [5.74, 6) is -0.226. The lowest BCUT2D eigenvalue weighted by molar-refractivity contribution is -0.137. The largest absolute Gasteiger partial charge is 0.481 e. The van der Waals surface area contributed by atoms with Gasteiger partial charge in [-0.2, -0.15) is 0 Å². The Balaban J connectivity index is 1.70. The van der Waals surface area contributed by atoms with Crippen molar-refractivity contribution in [2.45, 2.75) is 32.6 Å². The van der Waals surface area contributed by atoms with E-state index >= 15 is 0 Å². The first kappa shape index (κ1) is 17.1. The van der Waals surface area contributed by atoms with Gasteiger partial charge in [0.15, 0.2) is 0 Å². The smallest absolute Gasteiger partial charge is 0.303 e. The van der Waals surface area contributed by atoms with E-state index in [1.165, 1.54) is 6.33 Å². The summed E-state index contributed by atoms with van der Waals surface area (Å²) >= 11 is 1.59. The minimum atomic E-state index is -0.780. The molecule has 0 fully saturated rings. The second-order valence-electron chi connectivity index (χ2n) is 5.21. The lowest BCUT2D eigenvalue weighted by Crippen LogP contribution is -2.30. The average molecular weight is 336 g/mol. The standard InChI is InChI=1S/C15H20N4O3S/c1-10-7-11-14(18-9-19-15(11)23-10)17-8-12(20)16-6-4-2-3-5-13(21)22/h7,9H,2-6,8H2,1H3,(H,16,20)(H,21,22)(H,17,18,19). The second-order valence-corrected chi connectivity index (χ2v) is 6.44. The Morgan fingerprint density at radius 2 is 2.09 bits per heavy atom. The van der Waals surface area contributed by atoms with Crippen molar-refractivity contribution in [1.29, 1.82) is 0 Å². The maximum atomic E-state index is 11.8. The summed E-state index contributed by atoms with van der Waals surface area (Å²) < 4.78 is 0. The fourth-order valence-electron chi connectivity index (χ4n) is 2.15. The molecule has 7 nitrogen and oxygen atoms in total. The van der Waals surface area contributed by atoms with Gasteiger partial charge >= 0.3 is 5.97 Å². The molecule has 0 bridgehead atoms. The molecule has 2 aromatic rings. The number of aryl methyl sites for hydroxylation is 1. The third-order valence-electron chi connectivity index (χ3n) is 3.26. The molecule has 124 valence electrons. The third kappa shape index (κ3) is 5.48. The van der Waals surface area contributed by atoms with Gasteiger partial charge in [-0.25, -0.2) is 9.97 Å². The van der Waals surface area contributed by atoms with Gasteiger partial charge in [0.2, 0.25) is 5.91 Å². The summed E-state index contributed by atoms with van der Waals surface area (Å²) in [6.07, 6.45) is 3.88. The van der Waals surface area contributed by atoms with Crippen molar-refractivity contribution in [2.24, 2.45) is 0 Å². The molecule has 8 heteroatoms. The van der Waals surface area contributed by atoms with Crippen LogP contribution >= 0.6 is 11.3 Å². The van der Waals surface area contributed by atoms with E-state index in [1.54, 1.807) is 11.3 Å². The van der Waals surface area contributed by atoms with E-state index in [9.17, 15) is 9.59 Å². The molecule has 3 N–H and O–H groups in total. The molecule has 0 saturated heterocycles.